The van der Waals surface area contributed by atoms with Crippen LogP contribution in [0.5, 0.6) is 0 Å². The molecule has 0 bridgehead atoms. The maximum absolute atomic E-state index is 12.1. The Kier molecular flexibility index (Phi) is 6.39. The van der Waals surface area contributed by atoms with Gasteiger partial charge in [0.25, 0.3) is 0 Å². The van der Waals surface area contributed by atoms with E-state index in [0.29, 0.717) is 19.1 Å². The molecule has 0 aromatic carbocycles. The Balaban J connectivity index is 1.70. The van der Waals surface area contributed by atoms with Crippen molar-refractivity contribution in [3.05, 3.63) is 12.2 Å². The number of carbonyl (C=O) groups excluding carboxylic acids is 1. The molecule has 118 valence electrons. The minimum atomic E-state index is -0.716. The predicted octanol–water partition coefficient (Wildman–Crippen LogP) is 1.87. The van der Waals surface area contributed by atoms with E-state index in [1.54, 1.807) is 6.08 Å². The molecule has 5 heteroatoms. The molecular weight excluding hydrogens is 270 g/mol. The van der Waals surface area contributed by atoms with E-state index in [2.05, 4.69) is 11.0 Å². The lowest BCUT2D eigenvalue weighted by Crippen LogP contribution is -2.48. The average molecular weight is 295 g/mol. The molecule has 1 heterocycles. The number of nitrogens with zero attached hydrogens (tertiary/aromatic N) is 1. The fraction of sp³-hybridized carbons (Fsp3) is 0.750. The van der Waals surface area contributed by atoms with E-state index in [1.807, 2.05) is 0 Å². The van der Waals surface area contributed by atoms with Gasteiger partial charge in [-0.05, 0) is 18.9 Å². The number of aliphatic carboxylic acids is 1. The molecule has 0 aromatic rings. The molecule has 1 N–H and O–H groups in total. The maximum Gasteiger partial charge on any atom is 0.303 e. The van der Waals surface area contributed by atoms with Crippen LogP contribution in [0, 0.1) is 5.92 Å². The van der Waals surface area contributed by atoms with Crippen molar-refractivity contribution < 1.29 is 19.4 Å². The number of rotatable bonds is 8. The Hall–Kier alpha value is -1.20. The van der Waals surface area contributed by atoms with Gasteiger partial charge in [0.1, 0.15) is 0 Å². The van der Waals surface area contributed by atoms with Crippen molar-refractivity contribution in [1.82, 2.24) is 4.90 Å². The third kappa shape index (κ3) is 4.93. The standard InChI is InChI=1S/C16H25NO4/c18-14-8-7-13(5-3-1-2-4-6-15(19)20)16(14)17-9-11-21-12-10-17/h7-8,13,16H,1-6,9-12H2,(H,19,20)/t13-,16+/m1/s1. The van der Waals surface area contributed by atoms with Crippen LogP contribution in [0.25, 0.3) is 0 Å². The number of hydrogen-bond donors (Lipinski definition) is 1. The molecule has 0 radical (unpaired) electrons. The number of morpholine rings is 1. The van der Waals surface area contributed by atoms with E-state index in [-0.39, 0.29) is 18.2 Å². The van der Waals surface area contributed by atoms with Crippen LogP contribution in [0.15, 0.2) is 12.2 Å². The lowest BCUT2D eigenvalue weighted by Gasteiger charge is -2.34. The zero-order valence-electron chi connectivity index (χ0n) is 12.5. The highest BCUT2D eigenvalue weighted by Gasteiger charge is 2.35. The fourth-order valence-corrected chi connectivity index (χ4v) is 3.20. The highest BCUT2D eigenvalue weighted by atomic mass is 16.5. The molecule has 1 aliphatic heterocycles. The Labute approximate surface area is 126 Å². The quantitative estimate of drug-likeness (QED) is 0.692. The molecule has 2 rings (SSSR count). The van der Waals surface area contributed by atoms with Gasteiger partial charge in [-0.3, -0.25) is 14.5 Å². The smallest absolute Gasteiger partial charge is 0.303 e. The van der Waals surface area contributed by atoms with Gasteiger partial charge in [-0.25, -0.2) is 0 Å². The summed E-state index contributed by atoms with van der Waals surface area (Å²) in [5, 5.41) is 8.59. The molecule has 0 unspecified atom stereocenters. The highest BCUT2D eigenvalue weighted by Crippen LogP contribution is 2.27. The molecule has 1 fully saturated rings. The number of unbranched alkanes of at least 4 members (excludes halogenated alkanes) is 3. The van der Waals surface area contributed by atoms with E-state index in [0.717, 1.165) is 45.2 Å². The van der Waals surface area contributed by atoms with E-state index in [9.17, 15) is 9.59 Å². The van der Waals surface area contributed by atoms with Gasteiger partial charge in [-0.2, -0.15) is 0 Å². The summed E-state index contributed by atoms with van der Waals surface area (Å²) in [6.45, 7) is 3.11. The summed E-state index contributed by atoms with van der Waals surface area (Å²) in [7, 11) is 0. The van der Waals surface area contributed by atoms with Gasteiger partial charge >= 0.3 is 5.97 Å². The van der Waals surface area contributed by atoms with Crippen molar-refractivity contribution in [3.8, 4) is 0 Å². The van der Waals surface area contributed by atoms with Crippen molar-refractivity contribution >= 4 is 11.8 Å². The molecule has 0 amide bonds. The van der Waals surface area contributed by atoms with Crippen LogP contribution in [0.1, 0.15) is 38.5 Å². The van der Waals surface area contributed by atoms with Crippen molar-refractivity contribution in [2.45, 2.75) is 44.6 Å². The second-order valence-corrected chi connectivity index (χ2v) is 5.87. The van der Waals surface area contributed by atoms with Crippen LogP contribution in [0.2, 0.25) is 0 Å². The molecule has 1 aliphatic carbocycles. The van der Waals surface area contributed by atoms with E-state index in [4.69, 9.17) is 9.84 Å². The van der Waals surface area contributed by atoms with Crippen molar-refractivity contribution in [3.63, 3.8) is 0 Å². The molecule has 2 aliphatic rings. The number of ketones is 1. The lowest BCUT2D eigenvalue weighted by molar-refractivity contribution is -0.137. The van der Waals surface area contributed by atoms with E-state index < -0.39 is 5.97 Å². The molecule has 21 heavy (non-hydrogen) atoms. The zero-order valence-corrected chi connectivity index (χ0v) is 12.5. The summed E-state index contributed by atoms with van der Waals surface area (Å²) in [5.41, 5.74) is 0. The first-order valence-electron chi connectivity index (χ1n) is 7.94. The molecule has 0 aromatic heterocycles. The first-order chi connectivity index (χ1) is 10.2. The van der Waals surface area contributed by atoms with Crippen LogP contribution in [-0.4, -0.2) is 54.1 Å². The molecule has 0 spiro atoms. The Morgan fingerprint density at radius 2 is 1.95 bits per heavy atom. The van der Waals surface area contributed by atoms with Crippen molar-refractivity contribution in [1.29, 1.82) is 0 Å². The highest BCUT2D eigenvalue weighted by molar-refractivity contribution is 5.97. The lowest BCUT2D eigenvalue weighted by atomic mass is 9.94. The minimum Gasteiger partial charge on any atom is -0.481 e. The number of carboxylic acid groups (broad SMARTS) is 1. The van der Waals surface area contributed by atoms with Crippen molar-refractivity contribution in [2.75, 3.05) is 26.3 Å². The molecular formula is C16H25NO4. The van der Waals surface area contributed by atoms with Gasteiger partial charge < -0.3 is 9.84 Å². The maximum atomic E-state index is 12.1. The third-order valence-electron chi connectivity index (χ3n) is 4.32. The number of carboxylic acids is 1. The van der Waals surface area contributed by atoms with Gasteiger partial charge in [-0.15, -0.1) is 0 Å². The van der Waals surface area contributed by atoms with Crippen LogP contribution < -0.4 is 0 Å². The number of ether oxygens (including phenoxy) is 1. The van der Waals surface area contributed by atoms with Gasteiger partial charge in [0.2, 0.25) is 0 Å². The normalized spacial score (nSPS) is 26.4. The summed E-state index contributed by atoms with van der Waals surface area (Å²) in [4.78, 5) is 24.7. The topological polar surface area (TPSA) is 66.8 Å². The van der Waals surface area contributed by atoms with Crippen molar-refractivity contribution in [2.24, 2.45) is 5.92 Å². The predicted molar refractivity (Wildman–Crippen MR) is 79.2 cm³/mol. The van der Waals surface area contributed by atoms with Gasteiger partial charge in [0, 0.05) is 25.4 Å². The monoisotopic (exact) mass is 295 g/mol. The summed E-state index contributed by atoms with van der Waals surface area (Å²) < 4.78 is 5.35. The van der Waals surface area contributed by atoms with Gasteiger partial charge in [-0.1, -0.05) is 25.3 Å². The molecule has 0 saturated carbocycles. The summed E-state index contributed by atoms with van der Waals surface area (Å²) in [6.07, 6.45) is 8.87. The fourth-order valence-electron chi connectivity index (χ4n) is 3.20. The Morgan fingerprint density at radius 1 is 1.24 bits per heavy atom. The Bertz CT molecular complexity index is 388. The van der Waals surface area contributed by atoms with Gasteiger partial charge in [0.05, 0.1) is 19.3 Å². The van der Waals surface area contributed by atoms with Gasteiger partial charge in [0.15, 0.2) is 5.78 Å². The number of carbonyl (C=O) groups is 2. The van der Waals surface area contributed by atoms with Crippen LogP contribution in [-0.2, 0) is 14.3 Å². The molecule has 2 atom stereocenters. The van der Waals surface area contributed by atoms with E-state index >= 15 is 0 Å². The van der Waals surface area contributed by atoms with E-state index in [1.165, 1.54) is 0 Å². The van der Waals surface area contributed by atoms with Crippen LogP contribution >= 0.6 is 0 Å². The minimum absolute atomic E-state index is 0.00733. The average Bonchev–Trinajstić information content (AvgIpc) is 2.84. The van der Waals surface area contributed by atoms with Crippen LogP contribution in [0.4, 0.5) is 0 Å². The summed E-state index contributed by atoms with van der Waals surface area (Å²) in [6, 6.07) is 0.00733. The van der Waals surface area contributed by atoms with Crippen LogP contribution in [0.3, 0.4) is 0 Å². The summed E-state index contributed by atoms with van der Waals surface area (Å²) >= 11 is 0. The molecule has 5 nitrogen and oxygen atoms in total. The second-order valence-electron chi connectivity index (χ2n) is 5.87. The molecule has 1 saturated heterocycles. The Morgan fingerprint density at radius 3 is 2.67 bits per heavy atom. The SMILES string of the molecule is O=C(O)CCCCCC[C@@H]1C=CC(=O)[C@H]1N1CCOCC1. The summed E-state index contributed by atoms with van der Waals surface area (Å²) in [5.74, 6) is -0.172. The number of hydrogen-bond acceptors (Lipinski definition) is 4. The largest absolute Gasteiger partial charge is 0.481 e. The third-order valence-corrected chi connectivity index (χ3v) is 4.32. The first kappa shape index (κ1) is 16.2. The zero-order chi connectivity index (χ0) is 15.1. The second kappa shape index (κ2) is 8.29. The first-order valence-corrected chi connectivity index (χ1v) is 7.94.